The van der Waals surface area contributed by atoms with Gasteiger partial charge in [-0.3, -0.25) is 0 Å². The summed E-state index contributed by atoms with van der Waals surface area (Å²) >= 11 is 0. The first kappa shape index (κ1) is 32.8. The van der Waals surface area contributed by atoms with Crippen LogP contribution in [0, 0.1) is 0 Å². The largest absolute Gasteiger partial charge is 0.456 e. The Morgan fingerprint density at radius 3 is 1.91 bits per heavy atom. The SMILES string of the molecule is CC1(C)c2cc(-c3ccccc3)ccc2-c2c(N(c3ccc4oc5ccccc5c4c3)c3ccc4c5c(cccc35)-c3ccc(-c5ccccc5)cc3O4)cccc21. The minimum absolute atomic E-state index is 0.210. The van der Waals surface area contributed by atoms with Crippen molar-refractivity contribution in [3.63, 3.8) is 0 Å². The van der Waals surface area contributed by atoms with Gasteiger partial charge in [0.25, 0.3) is 0 Å². The summed E-state index contributed by atoms with van der Waals surface area (Å²) in [4.78, 5) is 2.47. The molecular weight excluding hydrogens is 707 g/mol. The second-order valence-corrected chi connectivity index (χ2v) is 16.1. The van der Waals surface area contributed by atoms with E-state index >= 15 is 0 Å². The van der Waals surface area contributed by atoms with Crippen molar-refractivity contribution in [2.75, 3.05) is 4.90 Å². The van der Waals surface area contributed by atoms with Gasteiger partial charge in [-0.1, -0.05) is 141 Å². The topological polar surface area (TPSA) is 25.6 Å². The molecule has 58 heavy (non-hydrogen) atoms. The maximum Gasteiger partial charge on any atom is 0.136 e. The van der Waals surface area contributed by atoms with Gasteiger partial charge in [0.05, 0.1) is 11.4 Å². The first-order valence-electron chi connectivity index (χ1n) is 20.0. The minimum atomic E-state index is -0.210. The molecule has 1 aromatic heterocycles. The number of fused-ring (bicyclic) bond motifs is 8. The van der Waals surface area contributed by atoms with Gasteiger partial charge in [-0.25, -0.2) is 0 Å². The van der Waals surface area contributed by atoms with Crippen LogP contribution >= 0.6 is 0 Å². The molecule has 1 aliphatic carbocycles. The molecule has 274 valence electrons. The molecular formula is C55H37NO2. The second kappa shape index (κ2) is 12.3. The van der Waals surface area contributed by atoms with Gasteiger partial charge in [-0.2, -0.15) is 0 Å². The van der Waals surface area contributed by atoms with Crippen LogP contribution in [0.3, 0.4) is 0 Å². The fourth-order valence-electron chi connectivity index (χ4n) is 9.65. The average Bonchev–Trinajstić information content (AvgIpc) is 3.76. The molecule has 3 heteroatoms. The third-order valence-electron chi connectivity index (χ3n) is 12.5. The van der Waals surface area contributed by atoms with Crippen LogP contribution in [0.1, 0.15) is 25.0 Å². The van der Waals surface area contributed by atoms with Crippen molar-refractivity contribution >= 4 is 49.8 Å². The van der Waals surface area contributed by atoms with Gasteiger partial charge < -0.3 is 14.1 Å². The molecule has 0 unspecified atom stereocenters. The summed E-state index contributed by atoms with van der Waals surface area (Å²) in [6.45, 7) is 4.73. The lowest BCUT2D eigenvalue weighted by Crippen LogP contribution is -2.16. The Bertz CT molecular complexity index is 3280. The van der Waals surface area contributed by atoms with E-state index in [1.807, 2.05) is 12.1 Å². The number of hydrogen-bond donors (Lipinski definition) is 0. The first-order chi connectivity index (χ1) is 28.5. The number of hydrogen-bond acceptors (Lipinski definition) is 3. The van der Waals surface area contributed by atoms with Gasteiger partial charge in [-0.05, 0) is 105 Å². The van der Waals surface area contributed by atoms with Gasteiger partial charge in [0.1, 0.15) is 22.7 Å². The smallest absolute Gasteiger partial charge is 0.136 e. The summed E-state index contributed by atoms with van der Waals surface area (Å²) in [5.74, 6) is 1.74. The Kier molecular flexibility index (Phi) is 6.98. The standard InChI is InChI=1S/C55H37NO2/c1-55(2)45-20-12-21-48(54(45)42-27-24-36(31-46(42)55)34-13-5-3-6-14-34)56(38-25-29-50-44(33-38)39-17-9-10-22-49(39)57-50)47-28-30-51-53-41(18-11-19-43(47)53)40-26-23-37(32-52(40)58-51)35-15-7-4-8-16-35/h3-33H,1-2H3. The minimum Gasteiger partial charge on any atom is -0.456 e. The highest BCUT2D eigenvalue weighted by Gasteiger charge is 2.38. The van der Waals surface area contributed by atoms with E-state index in [1.54, 1.807) is 0 Å². The van der Waals surface area contributed by atoms with E-state index in [-0.39, 0.29) is 5.41 Å². The van der Waals surface area contributed by atoms with Crippen LogP contribution in [0.5, 0.6) is 11.5 Å². The van der Waals surface area contributed by atoms with Crippen molar-refractivity contribution in [2.24, 2.45) is 0 Å². The summed E-state index contributed by atoms with van der Waals surface area (Å²) in [5, 5.41) is 4.43. The van der Waals surface area contributed by atoms with Crippen molar-refractivity contribution in [3.8, 4) is 56.0 Å². The lowest BCUT2D eigenvalue weighted by Gasteiger charge is -2.31. The van der Waals surface area contributed by atoms with E-state index in [1.165, 1.54) is 44.5 Å². The number of ether oxygens (including phenoxy) is 1. The van der Waals surface area contributed by atoms with Crippen molar-refractivity contribution < 1.29 is 9.15 Å². The second-order valence-electron chi connectivity index (χ2n) is 16.1. The molecule has 10 aromatic rings. The molecule has 0 bridgehead atoms. The maximum atomic E-state index is 6.82. The van der Waals surface area contributed by atoms with Gasteiger partial charge in [0.15, 0.2) is 0 Å². The van der Waals surface area contributed by atoms with Crippen molar-refractivity contribution in [1.82, 2.24) is 0 Å². The molecule has 2 aliphatic rings. The summed E-state index contributed by atoms with van der Waals surface area (Å²) in [5.41, 5.74) is 17.0. The Morgan fingerprint density at radius 2 is 1.10 bits per heavy atom. The summed E-state index contributed by atoms with van der Waals surface area (Å²) in [6.07, 6.45) is 0. The first-order valence-corrected chi connectivity index (χ1v) is 20.0. The molecule has 0 amide bonds. The summed E-state index contributed by atoms with van der Waals surface area (Å²) in [7, 11) is 0. The van der Waals surface area contributed by atoms with E-state index in [2.05, 4.69) is 195 Å². The molecule has 12 rings (SSSR count). The van der Waals surface area contributed by atoms with E-state index in [4.69, 9.17) is 9.15 Å². The molecule has 0 saturated heterocycles. The van der Waals surface area contributed by atoms with Crippen molar-refractivity contribution in [2.45, 2.75) is 19.3 Å². The Morgan fingerprint density at radius 1 is 0.414 bits per heavy atom. The van der Waals surface area contributed by atoms with Gasteiger partial charge in [0, 0.05) is 43.8 Å². The Balaban J connectivity index is 1.10. The number of furan rings is 1. The monoisotopic (exact) mass is 743 g/mol. The lowest BCUT2D eigenvalue weighted by molar-refractivity contribution is 0.487. The quantitative estimate of drug-likeness (QED) is 0.176. The molecule has 1 aliphatic heterocycles. The van der Waals surface area contributed by atoms with E-state index in [0.717, 1.165) is 72.4 Å². The van der Waals surface area contributed by atoms with E-state index < -0.39 is 0 Å². The maximum absolute atomic E-state index is 6.82. The van der Waals surface area contributed by atoms with Gasteiger partial charge in [-0.15, -0.1) is 0 Å². The fraction of sp³-hybridized carbons (Fsp3) is 0.0545. The fourth-order valence-corrected chi connectivity index (χ4v) is 9.65. The number of nitrogens with zero attached hydrogens (tertiary/aromatic N) is 1. The van der Waals surface area contributed by atoms with Crippen molar-refractivity contribution in [1.29, 1.82) is 0 Å². The molecule has 0 radical (unpaired) electrons. The number of anilines is 3. The zero-order chi connectivity index (χ0) is 38.5. The van der Waals surface area contributed by atoms with Gasteiger partial charge in [0.2, 0.25) is 0 Å². The molecule has 0 atom stereocenters. The highest BCUT2D eigenvalue weighted by Crippen LogP contribution is 2.57. The average molecular weight is 744 g/mol. The van der Waals surface area contributed by atoms with Crippen LogP contribution in [0.2, 0.25) is 0 Å². The van der Waals surface area contributed by atoms with Crippen LogP contribution < -0.4 is 9.64 Å². The van der Waals surface area contributed by atoms with E-state index in [9.17, 15) is 0 Å². The number of benzene rings is 9. The number of rotatable bonds is 5. The zero-order valence-electron chi connectivity index (χ0n) is 32.2. The number of para-hydroxylation sites is 1. The molecule has 0 spiro atoms. The Hall–Kier alpha value is -7.36. The lowest BCUT2D eigenvalue weighted by atomic mass is 9.81. The van der Waals surface area contributed by atoms with Gasteiger partial charge >= 0.3 is 0 Å². The third-order valence-corrected chi connectivity index (χ3v) is 12.5. The predicted octanol–water partition coefficient (Wildman–Crippen LogP) is 15.6. The molecule has 2 heterocycles. The highest BCUT2D eigenvalue weighted by atomic mass is 16.5. The predicted molar refractivity (Wildman–Crippen MR) is 240 cm³/mol. The molecule has 3 nitrogen and oxygen atoms in total. The third kappa shape index (κ3) is 4.80. The van der Waals surface area contributed by atoms with Crippen LogP contribution in [0.15, 0.2) is 192 Å². The molecule has 9 aromatic carbocycles. The normalized spacial score (nSPS) is 13.3. The molecule has 0 N–H and O–H groups in total. The highest BCUT2D eigenvalue weighted by molar-refractivity contribution is 6.13. The van der Waals surface area contributed by atoms with Crippen LogP contribution in [-0.4, -0.2) is 0 Å². The summed E-state index contributed by atoms with van der Waals surface area (Å²) in [6, 6.07) is 67.7. The molecule has 0 fully saturated rings. The Labute approximate surface area is 337 Å². The van der Waals surface area contributed by atoms with E-state index in [0.29, 0.717) is 0 Å². The van der Waals surface area contributed by atoms with Crippen molar-refractivity contribution in [3.05, 3.63) is 199 Å². The summed E-state index contributed by atoms with van der Waals surface area (Å²) < 4.78 is 13.2. The molecule has 0 saturated carbocycles. The van der Waals surface area contributed by atoms with Crippen LogP contribution in [-0.2, 0) is 5.41 Å². The van der Waals surface area contributed by atoms with Crippen LogP contribution in [0.25, 0.3) is 77.2 Å². The van der Waals surface area contributed by atoms with Crippen LogP contribution in [0.4, 0.5) is 17.1 Å². The zero-order valence-corrected chi connectivity index (χ0v) is 32.2.